The van der Waals surface area contributed by atoms with Gasteiger partial charge in [0.25, 0.3) is 0 Å². The number of hydrogen-bond acceptors (Lipinski definition) is 2. The molecule has 0 aliphatic carbocycles. The van der Waals surface area contributed by atoms with E-state index in [1.54, 1.807) is 6.20 Å². The second kappa shape index (κ2) is 5.65. The molecule has 1 N–H and O–H groups in total. The summed E-state index contributed by atoms with van der Waals surface area (Å²) in [7, 11) is 0. The van der Waals surface area contributed by atoms with Gasteiger partial charge in [0, 0.05) is 32.4 Å². The second-order valence-electron chi connectivity index (χ2n) is 3.37. The van der Waals surface area contributed by atoms with Crippen molar-refractivity contribution in [2.75, 3.05) is 32.7 Å². The van der Waals surface area contributed by atoms with Crippen LogP contribution in [0.25, 0.3) is 0 Å². The van der Waals surface area contributed by atoms with Gasteiger partial charge in [0.2, 0.25) is 0 Å². The Labute approximate surface area is 85.6 Å². The van der Waals surface area contributed by atoms with E-state index in [9.17, 15) is 4.79 Å². The quantitative estimate of drug-likeness (QED) is 0.713. The molecule has 2 amide bonds. The lowest BCUT2D eigenvalue weighted by Gasteiger charge is -2.33. The highest BCUT2D eigenvalue weighted by molar-refractivity contribution is 5.75. The van der Waals surface area contributed by atoms with Crippen molar-refractivity contribution in [2.45, 2.75) is 13.8 Å². The van der Waals surface area contributed by atoms with E-state index >= 15 is 0 Å². The maximum absolute atomic E-state index is 11.5. The fourth-order valence-electron chi connectivity index (χ4n) is 1.51. The second-order valence-corrected chi connectivity index (χ2v) is 3.37. The number of nitrogens with one attached hydrogen (secondary N) is 1. The van der Waals surface area contributed by atoms with Gasteiger partial charge >= 0.3 is 6.03 Å². The van der Waals surface area contributed by atoms with Crippen LogP contribution in [0.4, 0.5) is 4.79 Å². The predicted octanol–water partition coefficient (Wildman–Crippen LogP) is 0.867. The molecule has 1 rings (SSSR count). The number of amides is 2. The lowest BCUT2D eigenvalue weighted by atomic mass is 10.3. The van der Waals surface area contributed by atoms with Crippen LogP contribution >= 0.6 is 0 Å². The average molecular weight is 197 g/mol. The molecule has 0 unspecified atom stereocenters. The van der Waals surface area contributed by atoms with E-state index in [2.05, 4.69) is 17.1 Å². The van der Waals surface area contributed by atoms with Crippen LogP contribution < -0.4 is 5.32 Å². The number of carbonyl (C=O) groups is 1. The van der Waals surface area contributed by atoms with Crippen molar-refractivity contribution in [1.82, 2.24) is 15.1 Å². The molecule has 1 fully saturated rings. The molecular weight excluding hydrogens is 178 g/mol. The molecule has 1 aliphatic rings. The maximum Gasteiger partial charge on any atom is 0.321 e. The van der Waals surface area contributed by atoms with Crippen LogP contribution in [-0.4, -0.2) is 48.6 Å². The van der Waals surface area contributed by atoms with Crippen LogP contribution in [-0.2, 0) is 0 Å². The summed E-state index contributed by atoms with van der Waals surface area (Å²) in [6.45, 7) is 8.74. The third kappa shape index (κ3) is 3.03. The molecule has 0 aromatic rings. The molecule has 0 atom stereocenters. The molecule has 0 spiro atoms. The van der Waals surface area contributed by atoms with Crippen LogP contribution in [0.15, 0.2) is 12.3 Å². The minimum Gasteiger partial charge on any atom is -0.322 e. The van der Waals surface area contributed by atoms with E-state index in [0.717, 1.165) is 32.7 Å². The first-order valence-corrected chi connectivity index (χ1v) is 5.17. The minimum absolute atomic E-state index is 0.0128. The number of piperazine rings is 1. The lowest BCUT2D eigenvalue weighted by Crippen LogP contribution is -2.50. The van der Waals surface area contributed by atoms with Gasteiger partial charge in [-0.15, -0.1) is 0 Å². The first-order valence-electron chi connectivity index (χ1n) is 5.17. The molecule has 4 nitrogen and oxygen atoms in total. The fraction of sp³-hybridized carbons (Fsp3) is 0.700. The Morgan fingerprint density at radius 3 is 2.50 bits per heavy atom. The molecule has 4 heteroatoms. The van der Waals surface area contributed by atoms with E-state index in [-0.39, 0.29) is 6.03 Å². The Balaban J connectivity index is 2.30. The first kappa shape index (κ1) is 11.0. The summed E-state index contributed by atoms with van der Waals surface area (Å²) >= 11 is 0. The van der Waals surface area contributed by atoms with Gasteiger partial charge in [0.05, 0.1) is 0 Å². The monoisotopic (exact) mass is 197 g/mol. The zero-order valence-corrected chi connectivity index (χ0v) is 8.99. The van der Waals surface area contributed by atoms with E-state index in [1.807, 2.05) is 17.9 Å². The Hall–Kier alpha value is -1.03. The van der Waals surface area contributed by atoms with Gasteiger partial charge in [-0.1, -0.05) is 13.0 Å². The zero-order valence-electron chi connectivity index (χ0n) is 8.99. The molecule has 14 heavy (non-hydrogen) atoms. The highest BCUT2D eigenvalue weighted by Crippen LogP contribution is 2.00. The van der Waals surface area contributed by atoms with Crippen molar-refractivity contribution in [3.05, 3.63) is 12.3 Å². The normalized spacial score (nSPS) is 18.9. The van der Waals surface area contributed by atoms with Crippen molar-refractivity contribution < 1.29 is 4.79 Å². The third-order valence-electron chi connectivity index (χ3n) is 2.48. The topological polar surface area (TPSA) is 35.6 Å². The van der Waals surface area contributed by atoms with Crippen molar-refractivity contribution in [1.29, 1.82) is 0 Å². The summed E-state index contributed by atoms with van der Waals surface area (Å²) in [4.78, 5) is 15.7. The highest BCUT2D eigenvalue weighted by atomic mass is 16.2. The standard InChI is InChI=1S/C10H19N3O/c1-3-5-11-10(14)13-8-6-12(4-2)7-9-13/h3,5H,4,6-9H2,1-2H3,(H,11,14)/b5-3+. The molecular formula is C10H19N3O. The summed E-state index contributed by atoms with van der Waals surface area (Å²) in [5.74, 6) is 0. The van der Waals surface area contributed by atoms with Crippen molar-refractivity contribution in [3.63, 3.8) is 0 Å². The molecule has 0 saturated carbocycles. The number of nitrogens with zero attached hydrogens (tertiary/aromatic N) is 2. The number of carbonyl (C=O) groups excluding carboxylic acids is 1. The summed E-state index contributed by atoms with van der Waals surface area (Å²) < 4.78 is 0. The van der Waals surface area contributed by atoms with Crippen LogP contribution in [0.1, 0.15) is 13.8 Å². The van der Waals surface area contributed by atoms with Gasteiger partial charge in [0.1, 0.15) is 0 Å². The molecule has 80 valence electrons. The van der Waals surface area contributed by atoms with Crippen molar-refractivity contribution in [3.8, 4) is 0 Å². The van der Waals surface area contributed by atoms with Crippen LogP contribution in [0.2, 0.25) is 0 Å². The summed E-state index contributed by atoms with van der Waals surface area (Å²) in [6, 6.07) is 0.0128. The number of urea groups is 1. The van der Waals surface area contributed by atoms with Gasteiger partial charge in [-0.2, -0.15) is 0 Å². The molecule has 0 bridgehead atoms. The number of rotatable bonds is 2. The predicted molar refractivity (Wildman–Crippen MR) is 57.0 cm³/mol. The van der Waals surface area contributed by atoms with E-state index in [1.165, 1.54) is 0 Å². The molecule has 0 aromatic heterocycles. The third-order valence-corrected chi connectivity index (χ3v) is 2.48. The van der Waals surface area contributed by atoms with Gasteiger partial charge in [-0.25, -0.2) is 4.79 Å². The smallest absolute Gasteiger partial charge is 0.321 e. The SMILES string of the molecule is C/C=C/NC(=O)N1CCN(CC)CC1. The van der Waals surface area contributed by atoms with Gasteiger partial charge in [-0.05, 0) is 13.5 Å². The Morgan fingerprint density at radius 2 is 2.00 bits per heavy atom. The molecule has 0 aromatic carbocycles. The number of hydrogen-bond donors (Lipinski definition) is 1. The summed E-state index contributed by atoms with van der Waals surface area (Å²) in [5, 5.41) is 2.72. The van der Waals surface area contributed by atoms with E-state index in [0.29, 0.717) is 0 Å². The average Bonchev–Trinajstić information content (AvgIpc) is 2.26. The highest BCUT2D eigenvalue weighted by Gasteiger charge is 2.18. The lowest BCUT2D eigenvalue weighted by molar-refractivity contribution is 0.145. The van der Waals surface area contributed by atoms with E-state index in [4.69, 9.17) is 0 Å². The van der Waals surface area contributed by atoms with E-state index < -0.39 is 0 Å². The van der Waals surface area contributed by atoms with Gasteiger partial charge < -0.3 is 15.1 Å². The van der Waals surface area contributed by atoms with Crippen LogP contribution in [0, 0.1) is 0 Å². The molecule has 1 aliphatic heterocycles. The molecule has 0 radical (unpaired) electrons. The van der Waals surface area contributed by atoms with Gasteiger partial charge in [0.15, 0.2) is 0 Å². The Kier molecular flexibility index (Phi) is 4.46. The van der Waals surface area contributed by atoms with Crippen molar-refractivity contribution >= 4 is 6.03 Å². The van der Waals surface area contributed by atoms with Crippen LogP contribution in [0.5, 0.6) is 0 Å². The summed E-state index contributed by atoms with van der Waals surface area (Å²) in [6.07, 6.45) is 3.49. The fourth-order valence-corrected chi connectivity index (χ4v) is 1.51. The Morgan fingerprint density at radius 1 is 1.36 bits per heavy atom. The summed E-state index contributed by atoms with van der Waals surface area (Å²) in [5.41, 5.74) is 0. The van der Waals surface area contributed by atoms with Gasteiger partial charge in [-0.3, -0.25) is 0 Å². The maximum atomic E-state index is 11.5. The Bertz CT molecular complexity index is 207. The number of likely N-dealkylation sites (N-methyl/N-ethyl adjacent to an activating group) is 1. The largest absolute Gasteiger partial charge is 0.322 e. The minimum atomic E-state index is 0.0128. The number of allylic oxidation sites excluding steroid dienone is 1. The first-order chi connectivity index (χ1) is 6.77. The zero-order chi connectivity index (χ0) is 10.4. The van der Waals surface area contributed by atoms with Crippen molar-refractivity contribution in [2.24, 2.45) is 0 Å². The molecule has 1 saturated heterocycles. The molecule has 1 heterocycles. The van der Waals surface area contributed by atoms with Crippen LogP contribution in [0.3, 0.4) is 0 Å².